The molecular weight excluding hydrogens is 342 g/mol. The molecule has 27 heavy (non-hydrogen) atoms. The fraction of sp³-hybridized carbons (Fsp3) is 0.182. The summed E-state index contributed by atoms with van der Waals surface area (Å²) in [4.78, 5) is 24.2. The molecule has 1 amide bonds. The van der Waals surface area contributed by atoms with Crippen molar-refractivity contribution in [2.24, 2.45) is 0 Å². The lowest BCUT2D eigenvalue weighted by molar-refractivity contribution is -0.118. The summed E-state index contributed by atoms with van der Waals surface area (Å²) < 4.78 is 10.6. The lowest BCUT2D eigenvalue weighted by Crippen LogP contribution is -2.21. The first-order valence-corrected chi connectivity index (χ1v) is 8.76. The van der Waals surface area contributed by atoms with E-state index in [1.165, 1.54) is 0 Å². The molecule has 3 aromatic carbocycles. The van der Waals surface area contributed by atoms with Crippen LogP contribution in [0.2, 0.25) is 0 Å². The van der Waals surface area contributed by atoms with Gasteiger partial charge >= 0.3 is 5.97 Å². The number of carbonyl (C=O) groups excluding carboxylic acids is 2. The fourth-order valence-corrected chi connectivity index (χ4v) is 2.79. The van der Waals surface area contributed by atoms with Crippen LogP contribution in [-0.4, -0.2) is 25.1 Å². The maximum Gasteiger partial charge on any atom is 0.338 e. The van der Waals surface area contributed by atoms with Crippen LogP contribution in [0.3, 0.4) is 0 Å². The van der Waals surface area contributed by atoms with Crippen LogP contribution in [0.5, 0.6) is 5.75 Å². The van der Waals surface area contributed by atoms with Gasteiger partial charge in [0.2, 0.25) is 0 Å². The zero-order chi connectivity index (χ0) is 19.2. The van der Waals surface area contributed by atoms with Gasteiger partial charge in [-0.2, -0.15) is 0 Å². The Labute approximate surface area is 157 Å². The molecule has 0 saturated heterocycles. The van der Waals surface area contributed by atoms with Gasteiger partial charge < -0.3 is 14.8 Å². The van der Waals surface area contributed by atoms with Gasteiger partial charge in [0.25, 0.3) is 5.91 Å². The van der Waals surface area contributed by atoms with Crippen LogP contribution in [-0.2, 0) is 9.53 Å². The van der Waals surface area contributed by atoms with Crippen LogP contribution < -0.4 is 10.1 Å². The summed E-state index contributed by atoms with van der Waals surface area (Å²) in [6.45, 7) is 3.70. The van der Waals surface area contributed by atoms with Crippen molar-refractivity contribution in [2.75, 3.05) is 18.5 Å². The zero-order valence-electron chi connectivity index (χ0n) is 15.3. The maximum atomic E-state index is 12.3. The number of hydrogen-bond donors (Lipinski definition) is 1. The zero-order valence-corrected chi connectivity index (χ0v) is 15.3. The van der Waals surface area contributed by atoms with Crippen LogP contribution in [0.1, 0.15) is 22.8 Å². The number of ether oxygens (including phenoxy) is 2. The van der Waals surface area contributed by atoms with Gasteiger partial charge in [-0.25, -0.2) is 4.79 Å². The Bertz CT molecular complexity index is 981. The predicted octanol–water partition coefficient (Wildman–Crippen LogP) is 4.34. The quantitative estimate of drug-likeness (QED) is 0.662. The molecule has 0 heterocycles. The van der Waals surface area contributed by atoms with E-state index in [0.717, 1.165) is 10.8 Å². The van der Waals surface area contributed by atoms with Gasteiger partial charge in [0.15, 0.2) is 6.61 Å². The normalized spacial score (nSPS) is 10.4. The average Bonchev–Trinajstić information content (AvgIpc) is 2.68. The van der Waals surface area contributed by atoms with Crippen LogP contribution in [0.25, 0.3) is 10.8 Å². The van der Waals surface area contributed by atoms with Gasteiger partial charge in [-0.05, 0) is 54.4 Å². The average molecular weight is 363 g/mol. The molecule has 0 aliphatic rings. The molecule has 5 nitrogen and oxygen atoms in total. The fourth-order valence-electron chi connectivity index (χ4n) is 2.79. The molecule has 138 valence electrons. The Kier molecular flexibility index (Phi) is 5.71. The minimum Gasteiger partial charge on any atom is -0.484 e. The molecule has 0 spiro atoms. The van der Waals surface area contributed by atoms with Crippen molar-refractivity contribution in [3.8, 4) is 5.75 Å². The van der Waals surface area contributed by atoms with E-state index < -0.39 is 5.97 Å². The summed E-state index contributed by atoms with van der Waals surface area (Å²) in [5, 5.41) is 4.94. The molecule has 0 aliphatic heterocycles. The Morgan fingerprint density at radius 1 is 0.963 bits per heavy atom. The third-order valence-electron chi connectivity index (χ3n) is 4.19. The van der Waals surface area contributed by atoms with E-state index in [9.17, 15) is 9.59 Å². The second kappa shape index (κ2) is 8.36. The minimum atomic E-state index is -0.404. The van der Waals surface area contributed by atoms with Crippen LogP contribution >= 0.6 is 0 Å². The van der Waals surface area contributed by atoms with Gasteiger partial charge in [0, 0.05) is 5.69 Å². The number of fused-ring (bicyclic) bond motifs is 1. The second-order valence-electron chi connectivity index (χ2n) is 6.04. The van der Waals surface area contributed by atoms with Crippen molar-refractivity contribution in [3.63, 3.8) is 0 Å². The molecule has 0 aliphatic carbocycles. The molecule has 0 bridgehead atoms. The molecule has 5 heteroatoms. The first kappa shape index (κ1) is 18.5. The number of esters is 1. The summed E-state index contributed by atoms with van der Waals surface area (Å²) in [5.41, 5.74) is 1.66. The lowest BCUT2D eigenvalue weighted by atomic mass is 10.1. The lowest BCUT2D eigenvalue weighted by Gasteiger charge is -2.12. The molecule has 0 atom stereocenters. The molecule has 0 saturated carbocycles. The minimum absolute atomic E-state index is 0.124. The van der Waals surface area contributed by atoms with Gasteiger partial charge in [0.1, 0.15) is 5.75 Å². The third kappa shape index (κ3) is 4.44. The predicted molar refractivity (Wildman–Crippen MR) is 105 cm³/mol. The van der Waals surface area contributed by atoms with Crippen molar-refractivity contribution in [1.29, 1.82) is 0 Å². The molecular formula is C22H21NO4. The monoisotopic (exact) mass is 363 g/mol. The van der Waals surface area contributed by atoms with Gasteiger partial charge in [0.05, 0.1) is 12.2 Å². The van der Waals surface area contributed by atoms with Crippen molar-refractivity contribution in [2.45, 2.75) is 13.8 Å². The second-order valence-corrected chi connectivity index (χ2v) is 6.04. The van der Waals surface area contributed by atoms with Crippen LogP contribution in [0.15, 0.2) is 60.7 Å². The number of nitrogens with one attached hydrogen (secondary N) is 1. The molecule has 0 unspecified atom stereocenters. The number of carbonyl (C=O) groups is 2. The highest BCUT2D eigenvalue weighted by atomic mass is 16.5. The Morgan fingerprint density at radius 3 is 2.52 bits per heavy atom. The van der Waals surface area contributed by atoms with Crippen molar-refractivity contribution >= 4 is 28.3 Å². The van der Waals surface area contributed by atoms with E-state index in [1.54, 1.807) is 32.0 Å². The highest BCUT2D eigenvalue weighted by Crippen LogP contribution is 2.22. The smallest absolute Gasteiger partial charge is 0.338 e. The van der Waals surface area contributed by atoms with Crippen molar-refractivity contribution in [3.05, 3.63) is 71.8 Å². The van der Waals surface area contributed by atoms with Gasteiger partial charge in [-0.1, -0.05) is 36.4 Å². The van der Waals surface area contributed by atoms with Crippen molar-refractivity contribution < 1.29 is 19.1 Å². The number of amides is 1. The van der Waals surface area contributed by atoms with E-state index in [0.29, 0.717) is 29.2 Å². The first-order chi connectivity index (χ1) is 13.1. The summed E-state index contributed by atoms with van der Waals surface area (Å²) in [7, 11) is 0. The highest BCUT2D eigenvalue weighted by Gasteiger charge is 2.14. The Hall–Kier alpha value is -3.34. The Morgan fingerprint density at radius 2 is 1.74 bits per heavy atom. The topological polar surface area (TPSA) is 64.6 Å². The van der Waals surface area contributed by atoms with Crippen LogP contribution in [0, 0.1) is 6.92 Å². The molecule has 0 radical (unpaired) electrons. The van der Waals surface area contributed by atoms with E-state index in [4.69, 9.17) is 9.47 Å². The largest absolute Gasteiger partial charge is 0.484 e. The van der Waals surface area contributed by atoms with E-state index in [1.807, 2.05) is 42.5 Å². The van der Waals surface area contributed by atoms with Gasteiger partial charge in [-0.3, -0.25) is 4.79 Å². The summed E-state index contributed by atoms with van der Waals surface area (Å²) >= 11 is 0. The molecule has 3 rings (SSSR count). The molecule has 1 N–H and O–H groups in total. The standard InChI is InChI=1S/C22H21NO4/c1-3-26-22(25)19-9-6-10-20(15(19)2)23-21(24)14-27-18-12-11-16-7-4-5-8-17(16)13-18/h4-13H,3,14H2,1-2H3,(H,23,24). The molecule has 0 aromatic heterocycles. The Balaban J connectivity index is 1.65. The molecule has 0 fully saturated rings. The number of anilines is 1. The molecule has 3 aromatic rings. The SMILES string of the molecule is CCOC(=O)c1cccc(NC(=O)COc2ccc3ccccc3c2)c1C. The highest BCUT2D eigenvalue weighted by molar-refractivity contribution is 5.97. The first-order valence-electron chi connectivity index (χ1n) is 8.76. The van der Waals surface area contributed by atoms with Crippen molar-refractivity contribution in [1.82, 2.24) is 0 Å². The summed E-state index contributed by atoms with van der Waals surface area (Å²) in [5.74, 6) is -0.0772. The van der Waals surface area contributed by atoms with E-state index in [-0.39, 0.29) is 12.5 Å². The number of hydrogen-bond acceptors (Lipinski definition) is 4. The van der Waals surface area contributed by atoms with Gasteiger partial charge in [-0.15, -0.1) is 0 Å². The number of rotatable bonds is 6. The number of benzene rings is 3. The van der Waals surface area contributed by atoms with E-state index >= 15 is 0 Å². The third-order valence-corrected chi connectivity index (χ3v) is 4.19. The van der Waals surface area contributed by atoms with E-state index in [2.05, 4.69) is 5.32 Å². The van der Waals surface area contributed by atoms with Crippen LogP contribution in [0.4, 0.5) is 5.69 Å². The summed E-state index contributed by atoms with van der Waals surface area (Å²) in [6, 6.07) is 18.8. The summed E-state index contributed by atoms with van der Waals surface area (Å²) in [6.07, 6.45) is 0. The maximum absolute atomic E-state index is 12.3.